The maximum Gasteiger partial charge on any atom is 0.410 e. The van der Waals surface area contributed by atoms with E-state index >= 15 is 0 Å². The van der Waals surface area contributed by atoms with E-state index in [4.69, 9.17) is 10.5 Å². The molecular weight excluding hydrogens is 500 g/mol. The number of nitrogens with two attached hydrogens (primary N) is 1. The predicted octanol–water partition coefficient (Wildman–Crippen LogP) is 2.62. The Kier molecular flexibility index (Phi) is 9.47. The van der Waals surface area contributed by atoms with Crippen LogP contribution in [0.2, 0.25) is 0 Å². The van der Waals surface area contributed by atoms with Gasteiger partial charge in [-0.05, 0) is 51.7 Å². The quantitative estimate of drug-likeness (QED) is 0.509. The summed E-state index contributed by atoms with van der Waals surface area (Å²) in [4.78, 5) is 54.6. The first-order valence-electron chi connectivity index (χ1n) is 12.4. The van der Waals surface area contributed by atoms with Crippen LogP contribution in [0.3, 0.4) is 0 Å². The molecule has 4 atom stereocenters. The van der Waals surface area contributed by atoms with Crippen LogP contribution < -0.4 is 16.4 Å². The molecule has 0 aliphatic carbocycles. The standard InChI is InChI=1S/C26H39F2N5O5/c1-14(32(8)24(37)38-26(5,6)7)21(34)31-20(25(2,3)4)23(36)33-13-15(29)12-18(33)22(35)30-19-16(27)10-9-11-17(19)28/h9-11,14-15,18,20H,12-13,29H2,1-8H3,(H,30,35)(H,31,34)/t14-,15-,18-,20+/m0/s1. The number of carbonyl (C=O) groups excluding carboxylic acids is 4. The number of benzene rings is 1. The van der Waals surface area contributed by atoms with Crippen molar-refractivity contribution in [1.82, 2.24) is 15.1 Å². The molecule has 1 heterocycles. The molecular formula is C26H39F2N5O5. The molecule has 1 aromatic carbocycles. The van der Waals surface area contributed by atoms with Crippen LogP contribution in [0.25, 0.3) is 0 Å². The molecule has 0 spiro atoms. The van der Waals surface area contributed by atoms with Gasteiger partial charge in [0.05, 0.1) is 0 Å². The average Bonchev–Trinajstić information content (AvgIpc) is 3.18. The lowest BCUT2D eigenvalue weighted by Crippen LogP contribution is -2.60. The summed E-state index contributed by atoms with van der Waals surface area (Å²) in [6.07, 6.45) is -0.641. The Morgan fingerprint density at radius 1 is 1.11 bits per heavy atom. The van der Waals surface area contributed by atoms with Crippen LogP contribution in [0.1, 0.15) is 54.9 Å². The number of amides is 4. The molecule has 1 aromatic rings. The zero-order valence-corrected chi connectivity index (χ0v) is 23.2. The number of likely N-dealkylation sites (tertiary alicyclic amines) is 1. The van der Waals surface area contributed by atoms with E-state index in [1.165, 1.54) is 24.9 Å². The van der Waals surface area contributed by atoms with Crippen molar-refractivity contribution >= 4 is 29.5 Å². The van der Waals surface area contributed by atoms with E-state index in [9.17, 15) is 28.0 Å². The summed E-state index contributed by atoms with van der Waals surface area (Å²) in [6, 6.07) is -0.583. The van der Waals surface area contributed by atoms with Crippen LogP contribution in [0.4, 0.5) is 19.3 Å². The summed E-state index contributed by atoms with van der Waals surface area (Å²) < 4.78 is 33.5. The molecule has 10 nitrogen and oxygen atoms in total. The lowest BCUT2D eigenvalue weighted by molar-refractivity contribution is -0.143. The first-order chi connectivity index (χ1) is 17.3. The van der Waals surface area contributed by atoms with Gasteiger partial charge in [-0.15, -0.1) is 0 Å². The van der Waals surface area contributed by atoms with E-state index in [1.807, 2.05) is 0 Å². The van der Waals surface area contributed by atoms with Crippen LogP contribution in [-0.4, -0.2) is 77.0 Å². The Morgan fingerprint density at radius 3 is 2.16 bits per heavy atom. The minimum atomic E-state index is -1.11. The number of likely N-dealkylation sites (N-methyl/N-ethyl adjacent to an activating group) is 1. The van der Waals surface area contributed by atoms with Crippen LogP contribution in [0, 0.1) is 17.0 Å². The van der Waals surface area contributed by atoms with Crippen molar-refractivity contribution in [3.8, 4) is 0 Å². The highest BCUT2D eigenvalue weighted by atomic mass is 19.1. The Balaban J connectivity index is 2.24. The number of halogens is 2. The molecule has 12 heteroatoms. The van der Waals surface area contributed by atoms with Gasteiger partial charge in [0.15, 0.2) is 0 Å². The van der Waals surface area contributed by atoms with Gasteiger partial charge >= 0.3 is 6.09 Å². The molecule has 0 unspecified atom stereocenters. The largest absolute Gasteiger partial charge is 0.444 e. The fraction of sp³-hybridized carbons (Fsp3) is 0.615. The van der Waals surface area contributed by atoms with E-state index in [-0.39, 0.29) is 13.0 Å². The summed E-state index contributed by atoms with van der Waals surface area (Å²) >= 11 is 0. The maximum atomic E-state index is 14.1. The fourth-order valence-electron chi connectivity index (χ4n) is 3.93. The topological polar surface area (TPSA) is 134 Å². The van der Waals surface area contributed by atoms with Gasteiger partial charge in [0.2, 0.25) is 17.7 Å². The third kappa shape index (κ3) is 7.62. The number of rotatable bonds is 6. The molecule has 1 aliphatic rings. The van der Waals surface area contributed by atoms with Crippen molar-refractivity contribution < 1.29 is 32.7 Å². The summed E-state index contributed by atoms with van der Waals surface area (Å²) in [5.74, 6) is -3.90. The minimum absolute atomic E-state index is 0.00644. The zero-order valence-electron chi connectivity index (χ0n) is 23.2. The highest BCUT2D eigenvalue weighted by molar-refractivity contribution is 5.99. The van der Waals surface area contributed by atoms with Crippen LogP contribution in [-0.2, 0) is 19.1 Å². The van der Waals surface area contributed by atoms with Crippen molar-refractivity contribution in [2.24, 2.45) is 11.1 Å². The second kappa shape index (κ2) is 11.6. The predicted molar refractivity (Wildman–Crippen MR) is 138 cm³/mol. The molecule has 0 saturated carbocycles. The van der Waals surface area contributed by atoms with Gasteiger partial charge in [0, 0.05) is 19.6 Å². The van der Waals surface area contributed by atoms with E-state index < -0.39 is 76.3 Å². The molecule has 2 rings (SSSR count). The highest BCUT2D eigenvalue weighted by Crippen LogP contribution is 2.27. The van der Waals surface area contributed by atoms with Crippen LogP contribution >= 0.6 is 0 Å². The normalized spacial score (nSPS) is 19.4. The maximum absolute atomic E-state index is 14.1. The third-order valence-corrected chi connectivity index (χ3v) is 6.17. The van der Waals surface area contributed by atoms with Gasteiger partial charge in [-0.2, -0.15) is 0 Å². The Labute approximate surface area is 222 Å². The molecule has 212 valence electrons. The van der Waals surface area contributed by atoms with Gasteiger partial charge < -0.3 is 26.0 Å². The number of hydrogen-bond acceptors (Lipinski definition) is 6. The van der Waals surface area contributed by atoms with E-state index in [0.29, 0.717) is 0 Å². The van der Waals surface area contributed by atoms with Crippen molar-refractivity contribution in [3.05, 3.63) is 29.8 Å². The number of hydrogen-bond donors (Lipinski definition) is 3. The first kappa shape index (κ1) is 30.9. The lowest BCUT2D eigenvalue weighted by Gasteiger charge is -2.36. The molecule has 38 heavy (non-hydrogen) atoms. The average molecular weight is 540 g/mol. The molecule has 1 fully saturated rings. The smallest absolute Gasteiger partial charge is 0.410 e. The summed E-state index contributed by atoms with van der Waals surface area (Å²) in [5.41, 5.74) is 3.87. The summed E-state index contributed by atoms with van der Waals surface area (Å²) in [7, 11) is 1.41. The van der Waals surface area contributed by atoms with Crippen molar-refractivity contribution in [2.45, 2.75) is 84.7 Å². The molecule has 0 radical (unpaired) electrons. The monoisotopic (exact) mass is 539 g/mol. The number of nitrogens with zero attached hydrogens (tertiary/aromatic N) is 2. The van der Waals surface area contributed by atoms with Gasteiger partial charge in [0.1, 0.15) is 41.0 Å². The Hall–Kier alpha value is -3.28. The molecule has 0 bridgehead atoms. The highest BCUT2D eigenvalue weighted by Gasteiger charge is 2.45. The number of nitrogens with one attached hydrogen (secondary N) is 2. The number of para-hydroxylation sites is 1. The molecule has 0 aromatic heterocycles. The van der Waals surface area contributed by atoms with Gasteiger partial charge in [-0.25, -0.2) is 13.6 Å². The SMILES string of the molecule is C[C@@H](C(=O)N[C@H](C(=O)N1C[C@@H](N)C[C@H]1C(=O)Nc1c(F)cccc1F)C(C)(C)C)N(C)C(=O)OC(C)(C)C. The van der Waals surface area contributed by atoms with E-state index in [1.54, 1.807) is 41.5 Å². The fourth-order valence-corrected chi connectivity index (χ4v) is 3.93. The molecule has 1 aliphatic heterocycles. The first-order valence-corrected chi connectivity index (χ1v) is 12.4. The summed E-state index contributed by atoms with van der Waals surface area (Å²) in [6.45, 7) is 11.8. The number of anilines is 1. The van der Waals surface area contributed by atoms with Gasteiger partial charge in [-0.3, -0.25) is 19.3 Å². The third-order valence-electron chi connectivity index (χ3n) is 6.17. The van der Waals surface area contributed by atoms with Crippen molar-refractivity contribution in [2.75, 3.05) is 18.9 Å². The Bertz CT molecular complexity index is 1050. The van der Waals surface area contributed by atoms with Crippen LogP contribution in [0.5, 0.6) is 0 Å². The zero-order chi connectivity index (χ0) is 29.2. The van der Waals surface area contributed by atoms with Gasteiger partial charge in [0.25, 0.3) is 0 Å². The van der Waals surface area contributed by atoms with E-state index in [0.717, 1.165) is 17.0 Å². The second-order valence-corrected chi connectivity index (χ2v) is 11.7. The number of ether oxygens (including phenoxy) is 1. The van der Waals surface area contributed by atoms with Crippen molar-refractivity contribution in [1.29, 1.82) is 0 Å². The molecule has 4 N–H and O–H groups in total. The summed E-state index contributed by atoms with van der Waals surface area (Å²) in [5, 5.41) is 4.93. The molecule has 4 amide bonds. The van der Waals surface area contributed by atoms with Gasteiger partial charge in [-0.1, -0.05) is 26.8 Å². The van der Waals surface area contributed by atoms with E-state index in [2.05, 4.69) is 10.6 Å². The second-order valence-electron chi connectivity index (χ2n) is 11.7. The number of carbonyl (C=O) groups is 4. The lowest BCUT2D eigenvalue weighted by atomic mass is 9.85. The van der Waals surface area contributed by atoms with Crippen LogP contribution in [0.15, 0.2) is 18.2 Å². The molecule has 1 saturated heterocycles. The minimum Gasteiger partial charge on any atom is -0.444 e. The Morgan fingerprint density at radius 2 is 1.66 bits per heavy atom. The van der Waals surface area contributed by atoms with Crippen molar-refractivity contribution in [3.63, 3.8) is 0 Å².